The van der Waals surface area contributed by atoms with E-state index in [1.54, 1.807) is 6.07 Å². The van der Waals surface area contributed by atoms with Gasteiger partial charge in [0.2, 0.25) is 5.91 Å². The number of hydrogen-bond acceptors (Lipinski definition) is 3. The molecule has 5 heteroatoms. The molecule has 0 atom stereocenters. The Morgan fingerprint density at radius 1 is 1.04 bits per heavy atom. The highest BCUT2D eigenvalue weighted by molar-refractivity contribution is 5.94. The Bertz CT molecular complexity index is 768. The van der Waals surface area contributed by atoms with E-state index in [1.165, 1.54) is 12.1 Å². The van der Waals surface area contributed by atoms with E-state index in [0.29, 0.717) is 5.69 Å². The normalized spacial score (nSPS) is 10.3. The predicted molar refractivity (Wildman–Crippen MR) is 92.8 cm³/mol. The highest BCUT2D eigenvalue weighted by Crippen LogP contribution is 2.19. The van der Waals surface area contributed by atoms with E-state index in [2.05, 4.69) is 5.32 Å². The zero-order chi connectivity index (χ0) is 17.7. The molecule has 0 aliphatic heterocycles. The lowest BCUT2D eigenvalue weighted by Crippen LogP contribution is -2.16. The van der Waals surface area contributed by atoms with Crippen molar-refractivity contribution in [1.29, 1.82) is 0 Å². The van der Waals surface area contributed by atoms with E-state index in [-0.39, 0.29) is 24.5 Å². The number of benzene rings is 2. The molecule has 0 aromatic heterocycles. The summed E-state index contributed by atoms with van der Waals surface area (Å²) in [5, 5.41) is 11.7. The van der Waals surface area contributed by atoms with Gasteiger partial charge in [-0.25, -0.2) is 4.79 Å². The van der Waals surface area contributed by atoms with Crippen LogP contribution in [0.5, 0.6) is 5.75 Å². The first-order valence-corrected chi connectivity index (χ1v) is 7.70. The molecule has 0 bridgehead atoms. The second-order valence-corrected chi connectivity index (χ2v) is 5.75. The largest absolute Gasteiger partial charge is 0.493 e. The van der Waals surface area contributed by atoms with Crippen LogP contribution in [-0.2, 0) is 4.79 Å². The first-order valence-electron chi connectivity index (χ1n) is 7.70. The number of hydrogen-bond donors (Lipinski definition) is 2. The van der Waals surface area contributed by atoms with Gasteiger partial charge < -0.3 is 15.2 Å². The fraction of sp³-hybridized carbons (Fsp3) is 0.263. The maximum absolute atomic E-state index is 12.0. The Hall–Kier alpha value is -2.82. The molecule has 1 amide bonds. The number of amides is 1. The molecule has 0 spiro atoms. The molecule has 0 fully saturated rings. The van der Waals surface area contributed by atoms with Crippen molar-refractivity contribution in [3.63, 3.8) is 0 Å². The number of anilines is 1. The van der Waals surface area contributed by atoms with Crippen molar-refractivity contribution >= 4 is 17.6 Å². The summed E-state index contributed by atoms with van der Waals surface area (Å²) in [7, 11) is 0. The van der Waals surface area contributed by atoms with Crippen molar-refractivity contribution < 1.29 is 19.4 Å². The number of aryl methyl sites for hydroxylation is 3. The monoisotopic (exact) mass is 327 g/mol. The molecule has 2 rings (SSSR count). The SMILES string of the molecule is Cc1ccc(OCCC(=O)Nc2cc(C(=O)O)ccc2C)c(C)c1. The van der Waals surface area contributed by atoms with Crippen LogP contribution in [0.4, 0.5) is 5.69 Å². The van der Waals surface area contributed by atoms with E-state index >= 15 is 0 Å². The number of nitrogens with one attached hydrogen (secondary N) is 1. The summed E-state index contributed by atoms with van der Waals surface area (Å²) < 4.78 is 5.64. The Labute approximate surface area is 141 Å². The average Bonchev–Trinajstić information content (AvgIpc) is 2.51. The maximum Gasteiger partial charge on any atom is 0.335 e. The number of carbonyl (C=O) groups is 2. The number of carbonyl (C=O) groups excluding carboxylic acids is 1. The third-order valence-electron chi connectivity index (χ3n) is 3.68. The highest BCUT2D eigenvalue weighted by atomic mass is 16.5. The van der Waals surface area contributed by atoms with Crippen molar-refractivity contribution in [1.82, 2.24) is 0 Å². The van der Waals surface area contributed by atoms with Gasteiger partial charge in [-0.1, -0.05) is 23.8 Å². The molecule has 0 saturated carbocycles. The number of carboxylic acids is 1. The third-order valence-corrected chi connectivity index (χ3v) is 3.68. The Morgan fingerprint density at radius 3 is 2.46 bits per heavy atom. The van der Waals surface area contributed by atoms with Gasteiger partial charge in [0.1, 0.15) is 5.75 Å². The molecule has 0 aliphatic rings. The van der Waals surface area contributed by atoms with Gasteiger partial charge in [-0.05, 0) is 50.1 Å². The fourth-order valence-electron chi connectivity index (χ4n) is 2.32. The molecule has 2 aromatic carbocycles. The maximum atomic E-state index is 12.0. The van der Waals surface area contributed by atoms with Crippen LogP contribution in [0.1, 0.15) is 33.5 Å². The Morgan fingerprint density at radius 2 is 1.79 bits per heavy atom. The number of rotatable bonds is 6. The zero-order valence-corrected chi connectivity index (χ0v) is 14.1. The molecule has 2 aromatic rings. The van der Waals surface area contributed by atoms with Crippen LogP contribution < -0.4 is 10.1 Å². The van der Waals surface area contributed by atoms with Gasteiger partial charge in [-0.3, -0.25) is 4.79 Å². The summed E-state index contributed by atoms with van der Waals surface area (Å²) in [5.74, 6) is -0.480. The van der Waals surface area contributed by atoms with Crippen molar-refractivity contribution in [3.8, 4) is 5.75 Å². The fourth-order valence-corrected chi connectivity index (χ4v) is 2.32. The Kier molecular flexibility index (Phi) is 5.58. The molecule has 0 unspecified atom stereocenters. The van der Waals surface area contributed by atoms with Gasteiger partial charge in [0.05, 0.1) is 18.6 Å². The Balaban J connectivity index is 1.92. The van der Waals surface area contributed by atoms with E-state index in [9.17, 15) is 9.59 Å². The minimum absolute atomic E-state index is 0.141. The van der Waals surface area contributed by atoms with E-state index in [4.69, 9.17) is 9.84 Å². The minimum Gasteiger partial charge on any atom is -0.493 e. The quantitative estimate of drug-likeness (QED) is 0.848. The lowest BCUT2D eigenvalue weighted by atomic mass is 10.1. The van der Waals surface area contributed by atoms with Gasteiger partial charge in [-0.2, -0.15) is 0 Å². The number of aromatic carboxylic acids is 1. The molecule has 5 nitrogen and oxygen atoms in total. The summed E-state index contributed by atoms with van der Waals surface area (Å²) in [6.07, 6.45) is 0.185. The molecule has 0 saturated heterocycles. The molecule has 0 radical (unpaired) electrons. The van der Waals surface area contributed by atoms with Crippen LogP contribution >= 0.6 is 0 Å². The highest BCUT2D eigenvalue weighted by Gasteiger charge is 2.09. The molecule has 0 heterocycles. The number of ether oxygens (including phenoxy) is 1. The van der Waals surface area contributed by atoms with E-state index in [1.807, 2.05) is 39.0 Å². The minimum atomic E-state index is -1.02. The molecular weight excluding hydrogens is 306 g/mol. The summed E-state index contributed by atoms with van der Waals surface area (Å²) in [5.41, 5.74) is 3.64. The van der Waals surface area contributed by atoms with Gasteiger partial charge in [0.15, 0.2) is 0 Å². The smallest absolute Gasteiger partial charge is 0.335 e. The molecular formula is C19H21NO4. The van der Waals surface area contributed by atoms with Crippen LogP contribution in [-0.4, -0.2) is 23.6 Å². The molecule has 2 N–H and O–H groups in total. The zero-order valence-electron chi connectivity index (χ0n) is 14.1. The van der Waals surface area contributed by atoms with E-state index < -0.39 is 5.97 Å². The summed E-state index contributed by atoms with van der Waals surface area (Å²) >= 11 is 0. The van der Waals surface area contributed by atoms with Gasteiger partial charge in [-0.15, -0.1) is 0 Å². The molecule has 0 aliphatic carbocycles. The molecule has 24 heavy (non-hydrogen) atoms. The third kappa shape index (κ3) is 4.59. The van der Waals surface area contributed by atoms with Crippen molar-refractivity contribution in [2.75, 3.05) is 11.9 Å². The van der Waals surface area contributed by atoms with Crippen LogP contribution in [0.15, 0.2) is 36.4 Å². The lowest BCUT2D eigenvalue weighted by Gasteiger charge is -2.11. The second-order valence-electron chi connectivity index (χ2n) is 5.75. The summed E-state index contributed by atoms with van der Waals surface area (Å²) in [6, 6.07) is 10.5. The topological polar surface area (TPSA) is 75.6 Å². The standard InChI is InChI=1S/C19H21NO4/c1-12-4-7-17(14(3)10-12)24-9-8-18(21)20-16-11-15(19(22)23)6-5-13(16)2/h4-7,10-11H,8-9H2,1-3H3,(H,20,21)(H,22,23). The van der Waals surface area contributed by atoms with Gasteiger partial charge in [0.25, 0.3) is 0 Å². The van der Waals surface area contributed by atoms with Crippen molar-refractivity contribution in [2.45, 2.75) is 27.2 Å². The van der Waals surface area contributed by atoms with Crippen LogP contribution in [0.3, 0.4) is 0 Å². The van der Waals surface area contributed by atoms with E-state index in [0.717, 1.165) is 22.4 Å². The second kappa shape index (κ2) is 7.64. The van der Waals surface area contributed by atoms with Crippen LogP contribution in [0.25, 0.3) is 0 Å². The first-order chi connectivity index (χ1) is 11.4. The predicted octanol–water partition coefficient (Wildman–Crippen LogP) is 3.72. The van der Waals surface area contributed by atoms with Gasteiger partial charge in [0, 0.05) is 5.69 Å². The first kappa shape index (κ1) is 17.5. The van der Waals surface area contributed by atoms with Crippen LogP contribution in [0, 0.1) is 20.8 Å². The number of carboxylic acid groups (broad SMARTS) is 1. The summed E-state index contributed by atoms with van der Waals surface area (Å²) in [6.45, 7) is 6.04. The molecule has 126 valence electrons. The lowest BCUT2D eigenvalue weighted by molar-refractivity contribution is -0.116. The van der Waals surface area contributed by atoms with Crippen LogP contribution in [0.2, 0.25) is 0 Å². The van der Waals surface area contributed by atoms with Crippen molar-refractivity contribution in [2.24, 2.45) is 0 Å². The summed E-state index contributed by atoms with van der Waals surface area (Å²) in [4.78, 5) is 23.0. The van der Waals surface area contributed by atoms with Gasteiger partial charge >= 0.3 is 5.97 Å². The average molecular weight is 327 g/mol. The van der Waals surface area contributed by atoms with Crippen molar-refractivity contribution in [3.05, 3.63) is 58.7 Å².